The highest BCUT2D eigenvalue weighted by Gasteiger charge is 2.20. The molecule has 1 saturated carbocycles. The fraction of sp³-hybridized carbons (Fsp3) is 0.917. The number of rotatable bonds is 10. The number of hydrogen-bond donors (Lipinski definition) is 2. The van der Waals surface area contributed by atoms with Crippen molar-refractivity contribution in [2.45, 2.75) is 44.6 Å². The fourth-order valence-electron chi connectivity index (χ4n) is 1.54. The zero-order chi connectivity index (χ0) is 11.6. The van der Waals surface area contributed by atoms with Gasteiger partial charge in [0.25, 0.3) is 0 Å². The number of nitrogens with one attached hydrogen (secondary N) is 2. The number of amides is 1. The Morgan fingerprint density at radius 3 is 2.69 bits per heavy atom. The molecule has 0 aliphatic heterocycles. The van der Waals surface area contributed by atoms with E-state index < -0.39 is 0 Å². The molecule has 0 unspecified atom stereocenters. The quantitative estimate of drug-likeness (QED) is 0.576. The van der Waals surface area contributed by atoms with E-state index in [0.717, 1.165) is 13.0 Å². The molecule has 1 fully saturated rings. The maximum absolute atomic E-state index is 11.3. The molecule has 0 aromatic carbocycles. The Hall–Kier alpha value is -0.220. The summed E-state index contributed by atoms with van der Waals surface area (Å²) < 4.78 is 0. The topological polar surface area (TPSA) is 41.1 Å². The van der Waals surface area contributed by atoms with Gasteiger partial charge in [-0.25, -0.2) is 0 Å². The van der Waals surface area contributed by atoms with Crippen molar-refractivity contribution in [1.82, 2.24) is 10.6 Å². The zero-order valence-electron chi connectivity index (χ0n) is 10.3. The monoisotopic (exact) mass is 244 g/mol. The summed E-state index contributed by atoms with van der Waals surface area (Å²) in [5.41, 5.74) is 0. The van der Waals surface area contributed by atoms with Crippen molar-refractivity contribution in [3.05, 3.63) is 0 Å². The van der Waals surface area contributed by atoms with Crippen LogP contribution in [0.2, 0.25) is 0 Å². The normalized spacial score (nSPS) is 15.1. The minimum atomic E-state index is 0.149. The molecule has 0 saturated heterocycles. The minimum absolute atomic E-state index is 0.149. The van der Waals surface area contributed by atoms with Gasteiger partial charge in [0.2, 0.25) is 5.91 Å². The first-order chi connectivity index (χ1) is 7.83. The molecule has 1 rings (SSSR count). The van der Waals surface area contributed by atoms with Crippen LogP contribution >= 0.6 is 11.8 Å². The largest absolute Gasteiger partial charge is 0.355 e. The number of unbranched alkanes of at least 4 members (excludes halogenated alkanes) is 3. The fourth-order valence-corrected chi connectivity index (χ4v) is 2.03. The Kier molecular flexibility index (Phi) is 7.68. The van der Waals surface area contributed by atoms with Crippen LogP contribution in [0.3, 0.4) is 0 Å². The number of hydrogen-bond acceptors (Lipinski definition) is 3. The Bertz CT molecular complexity index is 195. The molecule has 16 heavy (non-hydrogen) atoms. The average Bonchev–Trinajstić information content (AvgIpc) is 3.09. The van der Waals surface area contributed by atoms with Gasteiger partial charge < -0.3 is 10.6 Å². The molecule has 3 nitrogen and oxygen atoms in total. The van der Waals surface area contributed by atoms with Crippen LogP contribution in [0, 0.1) is 0 Å². The van der Waals surface area contributed by atoms with Gasteiger partial charge in [-0.3, -0.25) is 4.79 Å². The van der Waals surface area contributed by atoms with E-state index in [4.69, 9.17) is 0 Å². The van der Waals surface area contributed by atoms with Crippen molar-refractivity contribution in [2.24, 2.45) is 0 Å². The first kappa shape index (κ1) is 13.8. The van der Waals surface area contributed by atoms with Gasteiger partial charge in [0.15, 0.2) is 0 Å². The summed E-state index contributed by atoms with van der Waals surface area (Å²) in [6.07, 6.45) is 9.56. The lowest BCUT2D eigenvalue weighted by molar-refractivity contribution is -0.120. The van der Waals surface area contributed by atoms with E-state index in [1.807, 2.05) is 11.8 Å². The van der Waals surface area contributed by atoms with Crippen molar-refractivity contribution in [3.8, 4) is 0 Å². The van der Waals surface area contributed by atoms with Gasteiger partial charge in [0.1, 0.15) is 0 Å². The smallest absolute Gasteiger partial charge is 0.233 e. The minimum Gasteiger partial charge on any atom is -0.355 e. The first-order valence-electron chi connectivity index (χ1n) is 6.32. The summed E-state index contributed by atoms with van der Waals surface area (Å²) in [6.45, 7) is 1.33. The van der Waals surface area contributed by atoms with E-state index in [9.17, 15) is 4.79 Å². The molecule has 0 bridgehead atoms. The van der Waals surface area contributed by atoms with Crippen LogP contribution < -0.4 is 10.6 Å². The SMILES string of the molecule is CSCCCCCCNC(=O)CNC1CC1. The molecular weight excluding hydrogens is 220 g/mol. The molecule has 0 aromatic heterocycles. The van der Waals surface area contributed by atoms with Gasteiger partial charge in [-0.2, -0.15) is 11.8 Å². The standard InChI is InChI=1S/C12H24N2OS/c1-16-9-5-3-2-4-8-13-12(15)10-14-11-6-7-11/h11,14H,2-10H2,1H3,(H,13,15). The summed E-state index contributed by atoms with van der Waals surface area (Å²) >= 11 is 1.91. The highest BCUT2D eigenvalue weighted by molar-refractivity contribution is 7.98. The van der Waals surface area contributed by atoms with Crippen molar-refractivity contribution >= 4 is 17.7 Å². The Morgan fingerprint density at radius 1 is 1.25 bits per heavy atom. The van der Waals surface area contributed by atoms with E-state index in [1.165, 1.54) is 37.9 Å². The lowest BCUT2D eigenvalue weighted by Crippen LogP contribution is -2.35. The second-order valence-electron chi connectivity index (χ2n) is 4.41. The molecule has 1 aliphatic rings. The molecule has 0 heterocycles. The van der Waals surface area contributed by atoms with Crippen molar-refractivity contribution < 1.29 is 4.79 Å². The Balaban J connectivity index is 1.76. The highest BCUT2D eigenvalue weighted by atomic mass is 32.2. The van der Waals surface area contributed by atoms with Gasteiger partial charge in [0.05, 0.1) is 6.54 Å². The van der Waals surface area contributed by atoms with Crippen LogP contribution in [0.15, 0.2) is 0 Å². The number of carbonyl (C=O) groups excluding carboxylic acids is 1. The maximum atomic E-state index is 11.3. The van der Waals surface area contributed by atoms with Gasteiger partial charge in [-0.05, 0) is 37.7 Å². The van der Waals surface area contributed by atoms with E-state index in [0.29, 0.717) is 12.6 Å². The van der Waals surface area contributed by atoms with Gasteiger partial charge >= 0.3 is 0 Å². The van der Waals surface area contributed by atoms with Crippen LogP contribution in [-0.2, 0) is 4.79 Å². The second kappa shape index (κ2) is 8.88. The van der Waals surface area contributed by atoms with Crippen LogP contribution in [0.4, 0.5) is 0 Å². The molecule has 0 aromatic rings. The van der Waals surface area contributed by atoms with Crippen molar-refractivity contribution in [2.75, 3.05) is 25.1 Å². The zero-order valence-corrected chi connectivity index (χ0v) is 11.1. The van der Waals surface area contributed by atoms with Crippen molar-refractivity contribution in [1.29, 1.82) is 0 Å². The van der Waals surface area contributed by atoms with Crippen molar-refractivity contribution in [3.63, 3.8) is 0 Å². The molecular formula is C12H24N2OS. The summed E-state index contributed by atoms with van der Waals surface area (Å²) in [4.78, 5) is 11.3. The van der Waals surface area contributed by atoms with E-state index in [-0.39, 0.29) is 5.91 Å². The molecule has 2 N–H and O–H groups in total. The van der Waals surface area contributed by atoms with E-state index in [2.05, 4.69) is 16.9 Å². The molecule has 0 spiro atoms. The third-order valence-corrected chi connectivity index (χ3v) is 3.42. The molecule has 0 radical (unpaired) electrons. The lowest BCUT2D eigenvalue weighted by atomic mass is 10.2. The molecule has 4 heteroatoms. The number of carbonyl (C=O) groups is 1. The second-order valence-corrected chi connectivity index (χ2v) is 5.40. The van der Waals surface area contributed by atoms with Crippen LogP contribution in [0.5, 0.6) is 0 Å². The van der Waals surface area contributed by atoms with Crippen LogP contribution in [0.1, 0.15) is 38.5 Å². The summed E-state index contributed by atoms with van der Waals surface area (Å²) in [5.74, 6) is 1.41. The molecule has 1 amide bonds. The predicted octanol–water partition coefficient (Wildman–Crippen LogP) is 1.78. The molecule has 94 valence electrons. The third-order valence-electron chi connectivity index (χ3n) is 2.73. The molecule has 1 aliphatic carbocycles. The number of thioether (sulfide) groups is 1. The molecule has 0 atom stereocenters. The predicted molar refractivity (Wildman–Crippen MR) is 70.9 cm³/mol. The Morgan fingerprint density at radius 2 is 2.00 bits per heavy atom. The van der Waals surface area contributed by atoms with Gasteiger partial charge in [0, 0.05) is 12.6 Å². The maximum Gasteiger partial charge on any atom is 0.233 e. The van der Waals surface area contributed by atoms with Gasteiger partial charge in [-0.15, -0.1) is 0 Å². The summed E-state index contributed by atoms with van der Waals surface area (Å²) in [7, 11) is 0. The summed E-state index contributed by atoms with van der Waals surface area (Å²) in [6, 6.07) is 0.622. The first-order valence-corrected chi connectivity index (χ1v) is 7.71. The third kappa shape index (κ3) is 7.99. The lowest BCUT2D eigenvalue weighted by Gasteiger charge is -2.05. The summed E-state index contributed by atoms with van der Waals surface area (Å²) in [5, 5.41) is 6.16. The van der Waals surface area contributed by atoms with E-state index >= 15 is 0 Å². The highest BCUT2D eigenvalue weighted by Crippen LogP contribution is 2.17. The van der Waals surface area contributed by atoms with Crippen LogP contribution in [-0.4, -0.2) is 37.0 Å². The van der Waals surface area contributed by atoms with Crippen LogP contribution in [0.25, 0.3) is 0 Å². The van der Waals surface area contributed by atoms with Gasteiger partial charge in [-0.1, -0.05) is 12.8 Å². The average molecular weight is 244 g/mol. The Labute approximate surface area is 103 Å². The van der Waals surface area contributed by atoms with E-state index in [1.54, 1.807) is 0 Å².